The van der Waals surface area contributed by atoms with Crippen molar-refractivity contribution in [2.45, 2.75) is 25.4 Å². The molecule has 3 rings (SSSR count). The fourth-order valence-corrected chi connectivity index (χ4v) is 3.79. The number of aryl methyl sites for hydroxylation is 1. The fourth-order valence-electron chi connectivity index (χ4n) is 2.55. The molecule has 0 amide bonds. The molecule has 24 heavy (non-hydrogen) atoms. The first-order valence-electron chi connectivity index (χ1n) is 7.72. The number of aromatic nitrogens is 2. The van der Waals surface area contributed by atoms with Crippen LogP contribution in [0.25, 0.3) is 6.08 Å². The Hall–Kier alpha value is -2.03. The second-order valence-corrected chi connectivity index (χ2v) is 7.56. The van der Waals surface area contributed by atoms with Crippen molar-refractivity contribution in [1.29, 1.82) is 0 Å². The van der Waals surface area contributed by atoms with Crippen LogP contribution >= 0.6 is 0 Å². The highest BCUT2D eigenvalue weighted by Gasteiger charge is 2.45. The van der Waals surface area contributed by atoms with E-state index >= 15 is 0 Å². The maximum Gasteiger partial charge on any atom is 0.260 e. The van der Waals surface area contributed by atoms with Crippen LogP contribution in [0.15, 0.2) is 40.3 Å². The quantitative estimate of drug-likeness (QED) is 0.879. The van der Waals surface area contributed by atoms with Gasteiger partial charge >= 0.3 is 0 Å². The van der Waals surface area contributed by atoms with Gasteiger partial charge < -0.3 is 9.63 Å². The summed E-state index contributed by atoms with van der Waals surface area (Å²) < 4.78 is 31.2. The van der Waals surface area contributed by atoms with Crippen LogP contribution in [0.5, 0.6) is 0 Å². The van der Waals surface area contributed by atoms with Gasteiger partial charge in [0.15, 0.2) is 11.4 Å². The first-order valence-corrected chi connectivity index (χ1v) is 9.22. The van der Waals surface area contributed by atoms with Gasteiger partial charge in [0.1, 0.15) is 0 Å². The number of sulfonamides is 1. The van der Waals surface area contributed by atoms with Gasteiger partial charge in [-0.2, -0.15) is 9.29 Å². The summed E-state index contributed by atoms with van der Waals surface area (Å²) in [5.41, 5.74) is -0.645. The topological polar surface area (TPSA) is 96.5 Å². The van der Waals surface area contributed by atoms with E-state index in [9.17, 15) is 13.5 Å². The summed E-state index contributed by atoms with van der Waals surface area (Å²) in [4.78, 5) is 4.13. The summed E-state index contributed by atoms with van der Waals surface area (Å²) in [6.07, 6.45) is 2.34. The summed E-state index contributed by atoms with van der Waals surface area (Å²) >= 11 is 0. The third-order valence-electron chi connectivity index (χ3n) is 3.99. The highest BCUT2D eigenvalue weighted by molar-refractivity contribution is 7.92. The van der Waals surface area contributed by atoms with Crippen LogP contribution < -0.4 is 0 Å². The molecular formula is C16H19N3O4S. The van der Waals surface area contributed by atoms with Gasteiger partial charge in [0, 0.05) is 24.8 Å². The number of hydrogen-bond donors (Lipinski definition) is 1. The number of rotatable bonds is 5. The monoisotopic (exact) mass is 349 g/mol. The Morgan fingerprint density at radius 3 is 2.79 bits per heavy atom. The molecule has 1 saturated heterocycles. The van der Waals surface area contributed by atoms with E-state index in [-0.39, 0.29) is 25.4 Å². The molecule has 1 aliphatic heterocycles. The Morgan fingerprint density at radius 2 is 2.12 bits per heavy atom. The second-order valence-electron chi connectivity index (χ2n) is 5.74. The molecule has 0 bridgehead atoms. The molecule has 0 radical (unpaired) electrons. The Balaban J connectivity index is 1.75. The van der Waals surface area contributed by atoms with Crippen molar-refractivity contribution in [1.82, 2.24) is 14.4 Å². The van der Waals surface area contributed by atoms with Crippen LogP contribution in [0.2, 0.25) is 0 Å². The number of aliphatic hydroxyl groups is 1. The number of benzene rings is 1. The largest absolute Gasteiger partial charge is 0.379 e. The Morgan fingerprint density at radius 1 is 1.38 bits per heavy atom. The van der Waals surface area contributed by atoms with Crippen molar-refractivity contribution in [3.63, 3.8) is 0 Å². The standard InChI is InChI=1S/C16H19N3O4S/c1-2-14-17-15(23-18-14)16(20)9-10-19(12-16)24(21,22)11-8-13-6-4-3-5-7-13/h3-8,11,20H,2,9-10,12H2,1H3/b11-8+. The average Bonchev–Trinajstić information content (AvgIpc) is 3.22. The van der Waals surface area contributed by atoms with Crippen LogP contribution in [-0.4, -0.2) is 41.1 Å². The van der Waals surface area contributed by atoms with E-state index in [0.717, 1.165) is 11.0 Å². The molecule has 0 spiro atoms. The molecule has 1 unspecified atom stereocenters. The lowest BCUT2D eigenvalue weighted by Gasteiger charge is -2.18. The van der Waals surface area contributed by atoms with Gasteiger partial charge in [0.05, 0.1) is 6.54 Å². The van der Waals surface area contributed by atoms with Crippen molar-refractivity contribution in [2.24, 2.45) is 0 Å². The summed E-state index contributed by atoms with van der Waals surface area (Å²) in [5, 5.41) is 15.6. The Kier molecular flexibility index (Phi) is 4.53. The lowest BCUT2D eigenvalue weighted by Crippen LogP contribution is -2.33. The van der Waals surface area contributed by atoms with Crippen molar-refractivity contribution < 1.29 is 18.0 Å². The average molecular weight is 349 g/mol. The Labute approximate surface area is 140 Å². The summed E-state index contributed by atoms with van der Waals surface area (Å²) in [5.74, 6) is 0.563. The highest BCUT2D eigenvalue weighted by atomic mass is 32.2. The molecule has 0 aliphatic carbocycles. The van der Waals surface area contributed by atoms with E-state index in [4.69, 9.17) is 4.52 Å². The predicted octanol–water partition coefficient (Wildman–Crippen LogP) is 1.53. The Bertz CT molecular complexity index is 832. The van der Waals surface area contributed by atoms with E-state index in [1.54, 1.807) is 0 Å². The van der Waals surface area contributed by atoms with Gasteiger partial charge in [0.2, 0.25) is 10.0 Å². The molecule has 1 N–H and O–H groups in total. The summed E-state index contributed by atoms with van der Waals surface area (Å²) in [6, 6.07) is 9.17. The maximum absolute atomic E-state index is 12.4. The van der Waals surface area contributed by atoms with Gasteiger partial charge in [-0.3, -0.25) is 0 Å². The zero-order chi connectivity index (χ0) is 17.2. The summed E-state index contributed by atoms with van der Waals surface area (Å²) in [6.45, 7) is 1.97. The van der Waals surface area contributed by atoms with Crippen molar-refractivity contribution >= 4 is 16.1 Å². The second kappa shape index (κ2) is 6.46. The van der Waals surface area contributed by atoms with Crippen LogP contribution in [0.3, 0.4) is 0 Å². The minimum atomic E-state index is -3.63. The van der Waals surface area contributed by atoms with E-state index in [1.165, 1.54) is 10.4 Å². The first-order chi connectivity index (χ1) is 11.4. The van der Waals surface area contributed by atoms with Crippen LogP contribution in [0, 0.1) is 0 Å². The van der Waals surface area contributed by atoms with Gasteiger partial charge in [-0.25, -0.2) is 8.42 Å². The zero-order valence-electron chi connectivity index (χ0n) is 13.3. The van der Waals surface area contributed by atoms with Crippen LogP contribution in [0.1, 0.15) is 30.6 Å². The lowest BCUT2D eigenvalue weighted by atomic mass is 10.0. The SMILES string of the molecule is CCc1noc(C2(O)CCN(S(=O)(=O)/C=C/c3ccccc3)C2)n1. The van der Waals surface area contributed by atoms with E-state index in [1.807, 2.05) is 37.3 Å². The van der Waals surface area contributed by atoms with Gasteiger partial charge in [0.25, 0.3) is 5.89 Å². The zero-order valence-corrected chi connectivity index (χ0v) is 14.1. The van der Waals surface area contributed by atoms with Gasteiger partial charge in [-0.15, -0.1) is 0 Å². The molecule has 128 valence electrons. The molecule has 7 nitrogen and oxygen atoms in total. The molecule has 8 heteroatoms. The van der Waals surface area contributed by atoms with Gasteiger partial charge in [-0.1, -0.05) is 42.4 Å². The minimum absolute atomic E-state index is 0.0732. The number of hydrogen-bond acceptors (Lipinski definition) is 6. The summed E-state index contributed by atoms with van der Waals surface area (Å²) in [7, 11) is -3.63. The molecule has 1 aliphatic rings. The van der Waals surface area contributed by atoms with Crippen LogP contribution in [0.4, 0.5) is 0 Å². The normalized spacial score (nSPS) is 22.4. The first kappa shape index (κ1) is 16.8. The van der Waals surface area contributed by atoms with Crippen molar-refractivity contribution in [3.05, 3.63) is 53.0 Å². The fraction of sp³-hybridized carbons (Fsp3) is 0.375. The van der Waals surface area contributed by atoms with E-state index in [2.05, 4.69) is 10.1 Å². The maximum atomic E-state index is 12.4. The molecule has 1 aromatic carbocycles. The smallest absolute Gasteiger partial charge is 0.260 e. The van der Waals surface area contributed by atoms with Gasteiger partial charge in [-0.05, 0) is 11.6 Å². The highest BCUT2D eigenvalue weighted by Crippen LogP contribution is 2.32. The third-order valence-corrected chi connectivity index (χ3v) is 5.50. The van der Waals surface area contributed by atoms with Crippen LogP contribution in [-0.2, 0) is 22.0 Å². The number of β-amino-alcohol motifs (C(OH)–C–C–N with tert-alkyl or cyclic N) is 1. The van der Waals surface area contributed by atoms with E-state index in [0.29, 0.717) is 12.2 Å². The molecular weight excluding hydrogens is 330 g/mol. The molecule has 1 atom stereocenters. The molecule has 1 aromatic heterocycles. The van der Waals surface area contributed by atoms with Crippen molar-refractivity contribution in [3.8, 4) is 0 Å². The third kappa shape index (κ3) is 3.40. The molecule has 2 heterocycles. The molecule has 1 fully saturated rings. The lowest BCUT2D eigenvalue weighted by molar-refractivity contribution is 0.0195. The minimum Gasteiger partial charge on any atom is -0.379 e. The van der Waals surface area contributed by atoms with Crippen molar-refractivity contribution in [2.75, 3.05) is 13.1 Å². The predicted molar refractivity (Wildman–Crippen MR) is 88.2 cm³/mol. The molecule has 0 saturated carbocycles. The number of nitrogens with zero attached hydrogens (tertiary/aromatic N) is 3. The molecule has 2 aromatic rings. The van der Waals surface area contributed by atoms with E-state index < -0.39 is 15.6 Å².